The first-order valence-electron chi connectivity index (χ1n) is 6.40. The summed E-state index contributed by atoms with van der Waals surface area (Å²) in [6, 6.07) is 5.20. The predicted molar refractivity (Wildman–Crippen MR) is 74.6 cm³/mol. The number of nitrogens with one attached hydrogen (secondary N) is 2. The number of aryl methyl sites for hydroxylation is 2. The first kappa shape index (κ1) is 15.8. The molecule has 0 aliphatic rings. The number of rotatable bonds is 6. The molecular weight excluding hydrogens is 260 g/mol. The van der Waals surface area contributed by atoms with Crippen molar-refractivity contribution in [1.82, 2.24) is 10.6 Å². The third-order valence-corrected chi connectivity index (χ3v) is 2.65. The van der Waals surface area contributed by atoms with Crippen LogP contribution in [0.3, 0.4) is 0 Å². The summed E-state index contributed by atoms with van der Waals surface area (Å²) in [5.41, 5.74) is 2.30. The Kier molecular flexibility index (Phi) is 6.36. The molecule has 1 rings (SSSR count). The smallest absolute Gasteiger partial charge is 0.325 e. The van der Waals surface area contributed by atoms with Gasteiger partial charge in [-0.1, -0.05) is 6.07 Å². The lowest BCUT2D eigenvalue weighted by Gasteiger charge is -2.10. The monoisotopic (exact) mass is 280 g/mol. The molecule has 0 spiro atoms. The van der Waals surface area contributed by atoms with Crippen LogP contribution < -0.4 is 15.4 Å². The summed E-state index contributed by atoms with van der Waals surface area (Å²) in [5.74, 6) is 0.205. The minimum atomic E-state index is -0.484. The van der Waals surface area contributed by atoms with Gasteiger partial charge in [-0.15, -0.1) is 0 Å². The fraction of sp³-hybridized carbons (Fsp3) is 0.429. The van der Waals surface area contributed by atoms with Gasteiger partial charge in [-0.25, -0.2) is 4.79 Å². The lowest BCUT2D eigenvalue weighted by molar-refractivity contribution is -0.141. The molecule has 20 heavy (non-hydrogen) atoms. The van der Waals surface area contributed by atoms with Crippen LogP contribution in [0.25, 0.3) is 0 Å². The molecule has 0 fully saturated rings. The normalized spacial score (nSPS) is 9.75. The summed E-state index contributed by atoms with van der Waals surface area (Å²) in [4.78, 5) is 22.4. The molecule has 1 aromatic rings. The Hall–Kier alpha value is -2.24. The Labute approximate surface area is 118 Å². The van der Waals surface area contributed by atoms with Crippen LogP contribution in [0.1, 0.15) is 18.1 Å². The van der Waals surface area contributed by atoms with Gasteiger partial charge in [0, 0.05) is 0 Å². The fourth-order valence-corrected chi connectivity index (χ4v) is 1.42. The second-order valence-electron chi connectivity index (χ2n) is 4.20. The van der Waals surface area contributed by atoms with Crippen molar-refractivity contribution in [2.24, 2.45) is 0 Å². The van der Waals surface area contributed by atoms with Crippen LogP contribution >= 0.6 is 0 Å². The van der Waals surface area contributed by atoms with E-state index in [1.807, 2.05) is 32.0 Å². The van der Waals surface area contributed by atoms with Crippen molar-refractivity contribution in [3.8, 4) is 5.75 Å². The molecule has 0 heterocycles. The van der Waals surface area contributed by atoms with E-state index in [0.717, 1.165) is 5.56 Å². The highest BCUT2D eigenvalue weighted by Gasteiger charge is 2.05. The third kappa shape index (κ3) is 5.60. The number of amides is 2. The first-order valence-corrected chi connectivity index (χ1v) is 6.40. The quantitative estimate of drug-likeness (QED) is 0.611. The van der Waals surface area contributed by atoms with Crippen molar-refractivity contribution in [3.05, 3.63) is 29.3 Å². The average molecular weight is 280 g/mol. The number of urea groups is 1. The Balaban J connectivity index is 2.24. The maximum Gasteiger partial charge on any atom is 0.325 e. The van der Waals surface area contributed by atoms with Crippen LogP contribution in [0, 0.1) is 13.8 Å². The van der Waals surface area contributed by atoms with Crippen LogP contribution in [-0.4, -0.2) is 31.9 Å². The van der Waals surface area contributed by atoms with E-state index in [2.05, 4.69) is 15.4 Å². The van der Waals surface area contributed by atoms with Gasteiger partial charge in [-0.2, -0.15) is 0 Å². The fourth-order valence-electron chi connectivity index (χ4n) is 1.42. The van der Waals surface area contributed by atoms with Crippen LogP contribution in [-0.2, 0) is 9.53 Å². The molecule has 0 aliphatic heterocycles. The standard InChI is InChI=1S/C14H20N2O4/c1-4-19-13(17)8-15-14(18)16-9-20-12-6-5-10(2)11(3)7-12/h5-7H,4,8-9H2,1-3H3,(H2,15,16,18). The van der Waals surface area contributed by atoms with Crippen molar-refractivity contribution in [2.45, 2.75) is 20.8 Å². The van der Waals surface area contributed by atoms with E-state index in [1.54, 1.807) is 6.92 Å². The molecule has 0 saturated heterocycles. The first-order chi connectivity index (χ1) is 9.52. The molecule has 0 atom stereocenters. The number of hydrogen-bond donors (Lipinski definition) is 2. The summed E-state index contributed by atoms with van der Waals surface area (Å²) >= 11 is 0. The molecule has 0 aromatic heterocycles. The lowest BCUT2D eigenvalue weighted by atomic mass is 10.1. The van der Waals surface area contributed by atoms with Crippen molar-refractivity contribution in [3.63, 3.8) is 0 Å². The van der Waals surface area contributed by atoms with Gasteiger partial charge in [0.15, 0.2) is 6.73 Å². The van der Waals surface area contributed by atoms with Crippen molar-refractivity contribution >= 4 is 12.0 Å². The van der Waals surface area contributed by atoms with E-state index in [1.165, 1.54) is 5.56 Å². The molecule has 0 radical (unpaired) electrons. The van der Waals surface area contributed by atoms with E-state index >= 15 is 0 Å². The van der Waals surface area contributed by atoms with Gasteiger partial charge in [0.1, 0.15) is 12.3 Å². The van der Waals surface area contributed by atoms with Crippen molar-refractivity contribution < 1.29 is 19.1 Å². The highest BCUT2D eigenvalue weighted by Crippen LogP contribution is 2.15. The van der Waals surface area contributed by atoms with Crippen molar-refractivity contribution in [1.29, 1.82) is 0 Å². The number of carbonyl (C=O) groups excluding carboxylic acids is 2. The average Bonchev–Trinajstić information content (AvgIpc) is 2.41. The summed E-state index contributed by atoms with van der Waals surface area (Å²) in [7, 11) is 0. The zero-order chi connectivity index (χ0) is 15.0. The Bertz CT molecular complexity index is 474. The predicted octanol–water partition coefficient (Wildman–Crippen LogP) is 1.50. The number of carbonyl (C=O) groups is 2. The Morgan fingerprint density at radius 1 is 1.15 bits per heavy atom. The molecule has 2 amide bonds. The minimum absolute atomic E-state index is 0.0250. The van der Waals surface area contributed by atoms with Gasteiger partial charge < -0.3 is 20.1 Å². The lowest BCUT2D eigenvalue weighted by Crippen LogP contribution is -2.40. The number of ether oxygens (including phenoxy) is 2. The Morgan fingerprint density at radius 2 is 1.90 bits per heavy atom. The molecule has 0 bridgehead atoms. The SMILES string of the molecule is CCOC(=O)CNC(=O)NCOc1ccc(C)c(C)c1. The molecule has 6 nitrogen and oxygen atoms in total. The van der Waals surface area contributed by atoms with Gasteiger partial charge in [-0.05, 0) is 44.0 Å². The van der Waals surface area contributed by atoms with Crippen LogP contribution in [0.4, 0.5) is 4.79 Å². The van der Waals surface area contributed by atoms with E-state index < -0.39 is 12.0 Å². The maximum absolute atomic E-state index is 11.4. The van der Waals surface area contributed by atoms with Gasteiger partial charge >= 0.3 is 12.0 Å². The number of benzene rings is 1. The maximum atomic E-state index is 11.4. The van der Waals surface area contributed by atoms with Crippen LogP contribution in [0.15, 0.2) is 18.2 Å². The topological polar surface area (TPSA) is 76.7 Å². The summed E-state index contributed by atoms with van der Waals surface area (Å²) in [6.45, 7) is 5.86. The largest absolute Gasteiger partial charge is 0.473 e. The molecular formula is C14H20N2O4. The zero-order valence-electron chi connectivity index (χ0n) is 12.0. The molecule has 0 unspecified atom stereocenters. The summed E-state index contributed by atoms with van der Waals surface area (Å²) in [5, 5.41) is 4.85. The van der Waals surface area contributed by atoms with E-state index in [0.29, 0.717) is 5.75 Å². The number of hydrogen-bond acceptors (Lipinski definition) is 4. The highest BCUT2D eigenvalue weighted by atomic mass is 16.5. The van der Waals surface area contributed by atoms with Gasteiger partial charge in [-0.3, -0.25) is 4.79 Å². The summed E-state index contributed by atoms with van der Waals surface area (Å²) in [6.07, 6.45) is 0. The van der Waals surface area contributed by atoms with Crippen molar-refractivity contribution in [2.75, 3.05) is 19.9 Å². The van der Waals surface area contributed by atoms with Crippen LogP contribution in [0.5, 0.6) is 5.75 Å². The third-order valence-electron chi connectivity index (χ3n) is 2.65. The molecule has 0 saturated carbocycles. The second kappa shape index (κ2) is 8.04. The zero-order valence-corrected chi connectivity index (χ0v) is 12.0. The van der Waals surface area contributed by atoms with E-state index in [9.17, 15) is 9.59 Å². The van der Waals surface area contributed by atoms with Gasteiger partial charge in [0.25, 0.3) is 0 Å². The minimum Gasteiger partial charge on any atom is -0.473 e. The molecule has 0 aliphatic carbocycles. The van der Waals surface area contributed by atoms with E-state index in [4.69, 9.17) is 4.74 Å². The Morgan fingerprint density at radius 3 is 2.55 bits per heavy atom. The number of esters is 1. The molecule has 1 aromatic carbocycles. The van der Waals surface area contributed by atoms with E-state index in [-0.39, 0.29) is 19.9 Å². The second-order valence-corrected chi connectivity index (χ2v) is 4.20. The van der Waals surface area contributed by atoms with Crippen LogP contribution in [0.2, 0.25) is 0 Å². The van der Waals surface area contributed by atoms with Gasteiger partial charge in [0.2, 0.25) is 0 Å². The molecule has 6 heteroatoms. The molecule has 110 valence electrons. The van der Waals surface area contributed by atoms with Gasteiger partial charge in [0.05, 0.1) is 6.61 Å². The highest BCUT2D eigenvalue weighted by molar-refractivity contribution is 5.80. The molecule has 2 N–H and O–H groups in total. The summed E-state index contributed by atoms with van der Waals surface area (Å²) < 4.78 is 10.1.